The molecule has 1 fully saturated rings. The summed E-state index contributed by atoms with van der Waals surface area (Å²) < 4.78 is 0. The number of carboxylic acids is 1. The highest BCUT2D eigenvalue weighted by Crippen LogP contribution is 2.29. The average molecular weight is 255 g/mol. The molecule has 0 spiro atoms. The Balaban J connectivity index is 2.35. The molecule has 0 heterocycles. The van der Waals surface area contributed by atoms with Crippen LogP contribution in [0, 0.1) is 17.3 Å². The minimum atomic E-state index is -0.762. The Labute approximate surface area is 109 Å². The summed E-state index contributed by atoms with van der Waals surface area (Å²) in [5.41, 5.74) is 0.212. The van der Waals surface area contributed by atoms with Crippen LogP contribution in [0.25, 0.3) is 0 Å². The van der Waals surface area contributed by atoms with Gasteiger partial charge in [-0.2, -0.15) is 0 Å². The van der Waals surface area contributed by atoms with Gasteiger partial charge in [0.2, 0.25) is 5.91 Å². The van der Waals surface area contributed by atoms with Crippen LogP contribution in [0.2, 0.25) is 0 Å². The van der Waals surface area contributed by atoms with E-state index in [1.54, 1.807) is 0 Å². The van der Waals surface area contributed by atoms with Gasteiger partial charge < -0.3 is 10.4 Å². The van der Waals surface area contributed by atoms with E-state index < -0.39 is 5.97 Å². The smallest absolute Gasteiger partial charge is 0.306 e. The first-order valence-corrected chi connectivity index (χ1v) is 6.80. The van der Waals surface area contributed by atoms with Gasteiger partial charge in [0, 0.05) is 12.5 Å². The van der Waals surface area contributed by atoms with Gasteiger partial charge in [0.1, 0.15) is 0 Å². The molecule has 1 amide bonds. The number of nitrogens with one attached hydrogen (secondary N) is 1. The molecular weight excluding hydrogens is 230 g/mol. The lowest BCUT2D eigenvalue weighted by Crippen LogP contribution is -2.36. The van der Waals surface area contributed by atoms with E-state index in [-0.39, 0.29) is 23.2 Å². The highest BCUT2D eigenvalue weighted by molar-refractivity contribution is 5.80. The van der Waals surface area contributed by atoms with Crippen LogP contribution in [0.1, 0.15) is 52.9 Å². The number of hydrogen-bond donors (Lipinski definition) is 2. The third-order valence-corrected chi connectivity index (χ3v) is 3.57. The number of carboxylic acid groups (broad SMARTS) is 1. The Morgan fingerprint density at radius 1 is 1.22 bits per heavy atom. The lowest BCUT2D eigenvalue weighted by atomic mass is 9.81. The molecule has 0 bridgehead atoms. The first-order chi connectivity index (χ1) is 8.29. The van der Waals surface area contributed by atoms with E-state index in [9.17, 15) is 9.59 Å². The average Bonchev–Trinajstić information content (AvgIpc) is 2.27. The molecule has 1 saturated carbocycles. The number of rotatable bonds is 4. The number of carbonyl (C=O) groups excluding carboxylic acids is 1. The maximum absolute atomic E-state index is 11.9. The fourth-order valence-electron chi connectivity index (χ4n) is 2.36. The Hall–Kier alpha value is -1.06. The van der Waals surface area contributed by atoms with Crippen LogP contribution in [-0.4, -0.2) is 23.5 Å². The van der Waals surface area contributed by atoms with Gasteiger partial charge in [0.15, 0.2) is 0 Å². The number of carbonyl (C=O) groups is 2. The molecule has 4 heteroatoms. The van der Waals surface area contributed by atoms with Crippen LogP contribution in [0.15, 0.2) is 0 Å². The summed E-state index contributed by atoms with van der Waals surface area (Å²) in [6.07, 6.45) is 3.81. The van der Waals surface area contributed by atoms with Gasteiger partial charge in [-0.15, -0.1) is 0 Å². The number of aliphatic carboxylic acids is 1. The molecular formula is C14H25NO3. The third kappa shape index (κ3) is 5.07. The van der Waals surface area contributed by atoms with Gasteiger partial charge >= 0.3 is 5.97 Å². The van der Waals surface area contributed by atoms with Crippen LogP contribution < -0.4 is 5.32 Å². The largest absolute Gasteiger partial charge is 0.481 e. The second kappa shape index (κ2) is 6.21. The van der Waals surface area contributed by atoms with Crippen LogP contribution in [0.3, 0.4) is 0 Å². The molecule has 104 valence electrons. The monoisotopic (exact) mass is 255 g/mol. The molecule has 0 aromatic carbocycles. The normalized spacial score (nSPS) is 24.6. The SMILES string of the molecule is CC(C)(C)CCNC(=O)C1CCCC(C(=O)O)C1. The van der Waals surface area contributed by atoms with Crippen molar-refractivity contribution in [1.29, 1.82) is 0 Å². The van der Waals surface area contributed by atoms with E-state index in [0.29, 0.717) is 19.4 Å². The van der Waals surface area contributed by atoms with Crippen molar-refractivity contribution in [2.24, 2.45) is 17.3 Å². The molecule has 0 radical (unpaired) electrons. The topological polar surface area (TPSA) is 66.4 Å². The van der Waals surface area contributed by atoms with Crippen molar-refractivity contribution in [1.82, 2.24) is 5.32 Å². The molecule has 2 unspecified atom stereocenters. The molecule has 0 aromatic rings. The Kier molecular flexibility index (Phi) is 5.17. The fourth-order valence-corrected chi connectivity index (χ4v) is 2.36. The highest BCUT2D eigenvalue weighted by atomic mass is 16.4. The minimum absolute atomic E-state index is 0.0326. The van der Waals surface area contributed by atoms with Crippen LogP contribution >= 0.6 is 0 Å². The summed E-state index contributed by atoms with van der Waals surface area (Å²) in [5, 5.41) is 11.9. The molecule has 1 aliphatic rings. The van der Waals surface area contributed by atoms with Gasteiger partial charge in [-0.3, -0.25) is 9.59 Å². The Morgan fingerprint density at radius 3 is 2.39 bits per heavy atom. The zero-order chi connectivity index (χ0) is 13.8. The van der Waals surface area contributed by atoms with Gasteiger partial charge in [-0.05, 0) is 31.1 Å². The number of amides is 1. The van der Waals surface area contributed by atoms with Gasteiger partial charge in [-0.25, -0.2) is 0 Å². The molecule has 18 heavy (non-hydrogen) atoms. The van der Waals surface area contributed by atoms with Gasteiger partial charge in [0.05, 0.1) is 5.92 Å². The van der Waals surface area contributed by atoms with Crippen molar-refractivity contribution >= 4 is 11.9 Å². The van der Waals surface area contributed by atoms with E-state index in [4.69, 9.17) is 5.11 Å². The maximum Gasteiger partial charge on any atom is 0.306 e. The summed E-state index contributed by atoms with van der Waals surface area (Å²) in [5.74, 6) is -1.18. The molecule has 2 N–H and O–H groups in total. The molecule has 0 saturated heterocycles. The number of hydrogen-bond acceptors (Lipinski definition) is 2. The second-order valence-corrected chi connectivity index (χ2v) is 6.50. The maximum atomic E-state index is 11.9. The van der Waals surface area contributed by atoms with Gasteiger partial charge in [0.25, 0.3) is 0 Å². The molecule has 4 nitrogen and oxygen atoms in total. The predicted octanol–water partition coefficient (Wildman–Crippen LogP) is 2.43. The minimum Gasteiger partial charge on any atom is -0.481 e. The van der Waals surface area contributed by atoms with Crippen molar-refractivity contribution in [2.75, 3.05) is 6.54 Å². The summed E-state index contributed by atoms with van der Waals surface area (Å²) in [6, 6.07) is 0. The zero-order valence-corrected chi connectivity index (χ0v) is 11.7. The van der Waals surface area contributed by atoms with Crippen molar-refractivity contribution in [3.63, 3.8) is 0 Å². The quantitative estimate of drug-likeness (QED) is 0.810. The van der Waals surface area contributed by atoms with Crippen molar-refractivity contribution < 1.29 is 14.7 Å². The van der Waals surface area contributed by atoms with E-state index in [2.05, 4.69) is 26.1 Å². The van der Waals surface area contributed by atoms with Crippen molar-refractivity contribution in [2.45, 2.75) is 52.9 Å². The van der Waals surface area contributed by atoms with Crippen LogP contribution in [0.5, 0.6) is 0 Å². The van der Waals surface area contributed by atoms with Crippen LogP contribution in [-0.2, 0) is 9.59 Å². The summed E-state index contributed by atoms with van der Waals surface area (Å²) in [7, 11) is 0. The first-order valence-electron chi connectivity index (χ1n) is 6.80. The molecule has 1 aliphatic carbocycles. The molecule has 0 aliphatic heterocycles. The standard InChI is InChI=1S/C14H25NO3/c1-14(2,3)7-8-15-12(16)10-5-4-6-11(9-10)13(17)18/h10-11H,4-9H2,1-3H3,(H,15,16)(H,17,18). The van der Waals surface area contributed by atoms with Crippen molar-refractivity contribution in [3.05, 3.63) is 0 Å². The molecule has 1 rings (SSSR count). The second-order valence-electron chi connectivity index (χ2n) is 6.50. The van der Waals surface area contributed by atoms with Gasteiger partial charge in [-0.1, -0.05) is 27.2 Å². The Morgan fingerprint density at radius 2 is 1.83 bits per heavy atom. The van der Waals surface area contributed by atoms with E-state index in [1.165, 1.54) is 0 Å². The zero-order valence-electron chi connectivity index (χ0n) is 11.7. The highest BCUT2D eigenvalue weighted by Gasteiger charge is 2.30. The van der Waals surface area contributed by atoms with E-state index in [0.717, 1.165) is 19.3 Å². The first kappa shape index (κ1) is 15.0. The molecule has 0 aromatic heterocycles. The van der Waals surface area contributed by atoms with Crippen molar-refractivity contribution in [3.8, 4) is 0 Å². The fraction of sp³-hybridized carbons (Fsp3) is 0.857. The van der Waals surface area contributed by atoms with E-state index >= 15 is 0 Å². The summed E-state index contributed by atoms with van der Waals surface area (Å²) >= 11 is 0. The third-order valence-electron chi connectivity index (χ3n) is 3.57. The lowest BCUT2D eigenvalue weighted by Gasteiger charge is -2.26. The summed E-state index contributed by atoms with van der Waals surface area (Å²) in [6.45, 7) is 7.09. The van der Waals surface area contributed by atoms with E-state index in [1.807, 2.05) is 0 Å². The predicted molar refractivity (Wildman–Crippen MR) is 70.2 cm³/mol. The van der Waals surface area contributed by atoms with Crippen LogP contribution in [0.4, 0.5) is 0 Å². The lowest BCUT2D eigenvalue weighted by molar-refractivity contribution is -0.144. The Bertz CT molecular complexity index is 307. The molecule has 2 atom stereocenters. The summed E-state index contributed by atoms with van der Waals surface area (Å²) in [4.78, 5) is 22.9.